The number of nitrogens with one attached hydrogen (secondary N) is 3. The molecule has 0 saturated carbocycles. The number of hydrogen-bond donors (Lipinski definition) is 3. The predicted molar refractivity (Wildman–Crippen MR) is 64.2 cm³/mol. The van der Waals surface area contributed by atoms with E-state index in [0.29, 0.717) is 23.6 Å². The standard InChI is InChI=1S/C11H13N5O2/c1-18-7-5-14-8-6(4-15-10(8)16-7)9-11(17)13-3-2-12-9/h4-5,9,12H,2-3H2,1H3,(H,13,17)(H,15,16). The predicted octanol–water partition coefficient (Wildman–Crippen LogP) is -0.273. The Hall–Kier alpha value is -2.15. The van der Waals surface area contributed by atoms with Crippen LogP contribution in [0.15, 0.2) is 12.4 Å². The number of methoxy groups -OCH3 is 1. The highest BCUT2D eigenvalue weighted by Crippen LogP contribution is 2.23. The van der Waals surface area contributed by atoms with E-state index in [4.69, 9.17) is 4.74 Å². The molecule has 1 fully saturated rings. The lowest BCUT2D eigenvalue weighted by Crippen LogP contribution is -2.47. The van der Waals surface area contributed by atoms with Gasteiger partial charge in [0.1, 0.15) is 11.6 Å². The molecule has 2 aromatic rings. The monoisotopic (exact) mass is 247 g/mol. The number of carbonyl (C=O) groups excluding carboxylic acids is 1. The van der Waals surface area contributed by atoms with E-state index in [1.54, 1.807) is 12.4 Å². The molecule has 0 aliphatic carbocycles. The van der Waals surface area contributed by atoms with Crippen molar-refractivity contribution in [2.75, 3.05) is 20.2 Å². The minimum absolute atomic E-state index is 0.0419. The molecule has 0 aromatic carbocycles. The zero-order valence-electron chi connectivity index (χ0n) is 9.86. The summed E-state index contributed by atoms with van der Waals surface area (Å²) < 4.78 is 5.01. The Morgan fingerprint density at radius 3 is 3.11 bits per heavy atom. The molecule has 7 nitrogen and oxygen atoms in total. The van der Waals surface area contributed by atoms with Gasteiger partial charge in [-0.3, -0.25) is 4.79 Å². The van der Waals surface area contributed by atoms with Gasteiger partial charge >= 0.3 is 0 Å². The fourth-order valence-corrected chi connectivity index (χ4v) is 2.07. The second kappa shape index (κ2) is 4.26. The van der Waals surface area contributed by atoms with Crippen molar-refractivity contribution >= 4 is 17.1 Å². The summed E-state index contributed by atoms with van der Waals surface area (Å²) in [6, 6.07) is -0.379. The molecule has 2 aromatic heterocycles. The number of ether oxygens (including phenoxy) is 1. The summed E-state index contributed by atoms with van der Waals surface area (Å²) in [5, 5.41) is 5.98. The number of amides is 1. The summed E-state index contributed by atoms with van der Waals surface area (Å²) in [5.74, 6) is 0.400. The van der Waals surface area contributed by atoms with Crippen LogP contribution in [0.5, 0.6) is 5.88 Å². The maximum Gasteiger partial charge on any atom is 0.241 e. The molecule has 1 atom stereocenters. The molecule has 94 valence electrons. The van der Waals surface area contributed by atoms with Crippen molar-refractivity contribution < 1.29 is 9.53 Å². The van der Waals surface area contributed by atoms with Crippen LogP contribution in [0.25, 0.3) is 11.2 Å². The zero-order chi connectivity index (χ0) is 12.5. The van der Waals surface area contributed by atoms with Crippen molar-refractivity contribution in [3.63, 3.8) is 0 Å². The number of nitrogens with zero attached hydrogens (tertiary/aromatic N) is 2. The summed E-state index contributed by atoms with van der Waals surface area (Å²) in [7, 11) is 1.54. The molecule has 3 rings (SSSR count). The van der Waals surface area contributed by atoms with E-state index in [2.05, 4.69) is 25.6 Å². The fourth-order valence-electron chi connectivity index (χ4n) is 2.07. The van der Waals surface area contributed by atoms with Crippen molar-refractivity contribution in [1.29, 1.82) is 0 Å². The lowest BCUT2D eigenvalue weighted by Gasteiger charge is -2.22. The number of hydrogen-bond acceptors (Lipinski definition) is 5. The number of H-pyrrole nitrogens is 1. The molecule has 3 heterocycles. The Labute approximate surface area is 103 Å². The van der Waals surface area contributed by atoms with Gasteiger partial charge in [0, 0.05) is 24.8 Å². The third-order valence-corrected chi connectivity index (χ3v) is 2.94. The molecule has 0 bridgehead atoms. The molecule has 0 spiro atoms. The molecule has 0 radical (unpaired) electrons. The van der Waals surface area contributed by atoms with Crippen LogP contribution in [0.3, 0.4) is 0 Å². The maximum absolute atomic E-state index is 11.8. The van der Waals surface area contributed by atoms with E-state index >= 15 is 0 Å². The molecule has 1 unspecified atom stereocenters. The second-order valence-electron chi connectivity index (χ2n) is 4.03. The van der Waals surface area contributed by atoms with Crippen molar-refractivity contribution in [1.82, 2.24) is 25.6 Å². The number of fused-ring (bicyclic) bond motifs is 1. The van der Waals surface area contributed by atoms with Gasteiger partial charge in [-0.25, -0.2) is 4.98 Å². The van der Waals surface area contributed by atoms with Crippen molar-refractivity contribution in [3.8, 4) is 5.88 Å². The smallest absolute Gasteiger partial charge is 0.241 e. The highest BCUT2D eigenvalue weighted by molar-refractivity contribution is 5.89. The molecule has 18 heavy (non-hydrogen) atoms. The van der Waals surface area contributed by atoms with Gasteiger partial charge < -0.3 is 20.4 Å². The average molecular weight is 247 g/mol. The van der Waals surface area contributed by atoms with Crippen molar-refractivity contribution in [2.45, 2.75) is 6.04 Å². The Morgan fingerprint density at radius 1 is 1.44 bits per heavy atom. The molecule has 3 N–H and O–H groups in total. The fraction of sp³-hybridized carbons (Fsp3) is 0.364. The van der Waals surface area contributed by atoms with Gasteiger partial charge in [0.2, 0.25) is 11.8 Å². The summed E-state index contributed by atoms with van der Waals surface area (Å²) >= 11 is 0. The number of piperazine rings is 1. The Morgan fingerprint density at radius 2 is 2.33 bits per heavy atom. The van der Waals surface area contributed by atoms with E-state index in [1.165, 1.54) is 7.11 Å². The first kappa shape index (κ1) is 11.0. The summed E-state index contributed by atoms with van der Waals surface area (Å²) in [4.78, 5) is 23.3. The van der Waals surface area contributed by atoms with Crippen molar-refractivity contribution in [2.24, 2.45) is 0 Å². The number of carbonyl (C=O) groups is 1. The van der Waals surface area contributed by atoms with E-state index in [9.17, 15) is 4.79 Å². The molecular formula is C11H13N5O2. The quantitative estimate of drug-likeness (QED) is 0.679. The van der Waals surface area contributed by atoms with Gasteiger partial charge in [-0.2, -0.15) is 4.98 Å². The topological polar surface area (TPSA) is 91.9 Å². The summed E-state index contributed by atoms with van der Waals surface area (Å²) in [6.07, 6.45) is 3.30. The molecule has 1 aliphatic rings. The molecular weight excluding hydrogens is 234 g/mol. The van der Waals surface area contributed by atoms with E-state index in [-0.39, 0.29) is 11.9 Å². The third-order valence-electron chi connectivity index (χ3n) is 2.94. The van der Waals surface area contributed by atoms with E-state index in [0.717, 1.165) is 12.1 Å². The first-order chi connectivity index (χ1) is 8.79. The van der Waals surface area contributed by atoms with Gasteiger partial charge in [-0.05, 0) is 0 Å². The van der Waals surface area contributed by atoms with Gasteiger partial charge in [0.05, 0.1) is 13.3 Å². The lowest BCUT2D eigenvalue weighted by atomic mass is 10.1. The SMILES string of the molecule is COc1cnc2c(C3NCCNC3=O)c[nH]c2n1. The van der Waals surface area contributed by atoms with Crippen LogP contribution in [0.4, 0.5) is 0 Å². The highest BCUT2D eigenvalue weighted by Gasteiger charge is 2.26. The largest absolute Gasteiger partial charge is 0.480 e. The number of rotatable bonds is 2. The third kappa shape index (κ3) is 1.68. The molecule has 1 aliphatic heterocycles. The van der Waals surface area contributed by atoms with Crippen LogP contribution < -0.4 is 15.4 Å². The van der Waals surface area contributed by atoms with Gasteiger partial charge in [-0.15, -0.1) is 0 Å². The maximum atomic E-state index is 11.8. The second-order valence-corrected chi connectivity index (χ2v) is 4.03. The Bertz CT molecular complexity index is 594. The van der Waals surface area contributed by atoms with E-state index < -0.39 is 0 Å². The highest BCUT2D eigenvalue weighted by atomic mass is 16.5. The van der Waals surface area contributed by atoms with Crippen LogP contribution >= 0.6 is 0 Å². The first-order valence-corrected chi connectivity index (χ1v) is 5.68. The summed E-state index contributed by atoms with van der Waals surface area (Å²) in [5.41, 5.74) is 2.10. The molecule has 1 saturated heterocycles. The normalized spacial score (nSPS) is 19.8. The Kier molecular flexibility index (Phi) is 2.60. The molecule has 1 amide bonds. The zero-order valence-corrected chi connectivity index (χ0v) is 9.86. The van der Waals surface area contributed by atoms with Crippen molar-refractivity contribution in [3.05, 3.63) is 18.0 Å². The lowest BCUT2D eigenvalue weighted by molar-refractivity contribution is -0.124. The van der Waals surface area contributed by atoms with Gasteiger partial charge in [0.15, 0.2) is 5.65 Å². The molecule has 7 heteroatoms. The van der Waals surface area contributed by atoms with Crippen LogP contribution in [-0.4, -0.2) is 41.1 Å². The Balaban J connectivity index is 2.04. The first-order valence-electron chi connectivity index (χ1n) is 5.68. The van der Waals surface area contributed by atoms with Crippen LogP contribution in [-0.2, 0) is 4.79 Å². The van der Waals surface area contributed by atoms with Gasteiger partial charge in [0.25, 0.3) is 0 Å². The number of aromatic amines is 1. The van der Waals surface area contributed by atoms with Crippen LogP contribution in [0, 0.1) is 0 Å². The van der Waals surface area contributed by atoms with Crippen LogP contribution in [0.1, 0.15) is 11.6 Å². The minimum atomic E-state index is -0.379. The summed E-state index contributed by atoms with van der Waals surface area (Å²) in [6.45, 7) is 1.39. The number of aromatic nitrogens is 3. The van der Waals surface area contributed by atoms with Gasteiger partial charge in [-0.1, -0.05) is 0 Å². The minimum Gasteiger partial charge on any atom is -0.480 e. The van der Waals surface area contributed by atoms with Crippen LogP contribution in [0.2, 0.25) is 0 Å². The average Bonchev–Trinajstić information content (AvgIpc) is 2.82. The van der Waals surface area contributed by atoms with E-state index in [1.807, 2.05) is 0 Å².